The molecule has 0 spiro atoms. The number of hydrogen-bond donors (Lipinski definition) is 3. The van der Waals surface area contributed by atoms with Gasteiger partial charge in [0.1, 0.15) is 0 Å². The normalized spacial score (nSPS) is 18.4. The number of carbonyl (C=O) groups is 1. The van der Waals surface area contributed by atoms with Crippen LogP contribution in [0.5, 0.6) is 0 Å². The zero-order chi connectivity index (χ0) is 18.3. The molecule has 2 aliphatic rings. The number of rotatable bonds is 1. The lowest BCUT2D eigenvalue weighted by atomic mass is 9.87. The molecule has 3 N–H and O–H groups in total. The van der Waals surface area contributed by atoms with Crippen LogP contribution in [0.2, 0.25) is 0 Å². The number of aliphatic hydroxyl groups is 1. The lowest BCUT2D eigenvalue weighted by molar-refractivity contribution is 0.0966. The van der Waals surface area contributed by atoms with Gasteiger partial charge in [-0.1, -0.05) is 42.5 Å². The van der Waals surface area contributed by atoms with Gasteiger partial charge in [0.25, 0.3) is 5.91 Å². The van der Waals surface area contributed by atoms with Gasteiger partial charge >= 0.3 is 0 Å². The Kier molecular flexibility index (Phi) is 2.77. The lowest BCUT2D eigenvalue weighted by Crippen LogP contribution is -2.15. The molecule has 0 saturated heterocycles. The third-order valence-electron chi connectivity index (χ3n) is 6.11. The Morgan fingerprint density at radius 2 is 1.85 bits per heavy atom. The summed E-state index contributed by atoms with van der Waals surface area (Å²) in [5.41, 5.74) is 8.13. The predicted molar refractivity (Wildman–Crippen MR) is 106 cm³/mol. The number of aromatic amines is 1. The van der Waals surface area contributed by atoms with E-state index >= 15 is 0 Å². The van der Waals surface area contributed by atoms with Crippen LogP contribution < -0.4 is 5.32 Å². The Balaban J connectivity index is 1.89. The highest BCUT2D eigenvalue weighted by Crippen LogP contribution is 2.53. The van der Waals surface area contributed by atoms with E-state index in [-0.39, 0.29) is 11.8 Å². The second kappa shape index (κ2) is 4.99. The molecule has 1 aliphatic carbocycles. The number of H-pyrrole nitrogens is 1. The van der Waals surface area contributed by atoms with Gasteiger partial charge in [0.05, 0.1) is 17.2 Å². The summed E-state index contributed by atoms with van der Waals surface area (Å²) in [7, 11) is 0. The molecule has 1 aliphatic heterocycles. The topological polar surface area (TPSA) is 65.1 Å². The number of aliphatic hydroxyl groups excluding tert-OH is 1. The van der Waals surface area contributed by atoms with E-state index in [2.05, 4.69) is 34.6 Å². The number of hydrogen-bond acceptors (Lipinski definition) is 2. The molecular weight excluding hydrogens is 336 g/mol. The number of para-hydroxylation sites is 1. The minimum absolute atomic E-state index is 0.0190. The highest BCUT2D eigenvalue weighted by atomic mass is 16.3. The molecule has 0 fully saturated rings. The van der Waals surface area contributed by atoms with E-state index in [1.54, 1.807) is 0 Å². The smallest absolute Gasteiger partial charge is 0.252 e. The highest BCUT2D eigenvalue weighted by molar-refractivity contribution is 6.19. The molecule has 1 amide bonds. The van der Waals surface area contributed by atoms with Crippen LogP contribution in [-0.2, 0) is 6.54 Å². The van der Waals surface area contributed by atoms with Gasteiger partial charge < -0.3 is 15.4 Å². The Labute approximate surface area is 155 Å². The fourth-order valence-corrected chi connectivity index (χ4v) is 5.12. The Hall–Kier alpha value is -3.11. The second-order valence-corrected chi connectivity index (χ2v) is 7.55. The maximum absolute atomic E-state index is 12.8. The minimum Gasteiger partial charge on any atom is -0.392 e. The van der Waals surface area contributed by atoms with Crippen LogP contribution in [0.25, 0.3) is 32.9 Å². The summed E-state index contributed by atoms with van der Waals surface area (Å²) in [5.74, 6) is -0.167. The van der Waals surface area contributed by atoms with Crippen molar-refractivity contribution in [3.05, 3.63) is 70.8 Å². The van der Waals surface area contributed by atoms with Crippen molar-refractivity contribution in [2.75, 3.05) is 0 Å². The van der Waals surface area contributed by atoms with E-state index in [0.717, 1.165) is 55.2 Å². The molecule has 27 heavy (non-hydrogen) atoms. The lowest BCUT2D eigenvalue weighted by Gasteiger charge is -2.18. The first-order valence-corrected chi connectivity index (χ1v) is 9.31. The van der Waals surface area contributed by atoms with E-state index in [1.807, 2.05) is 31.2 Å². The number of nitrogens with one attached hydrogen (secondary N) is 2. The Morgan fingerprint density at radius 1 is 1.07 bits per heavy atom. The van der Waals surface area contributed by atoms with Crippen LogP contribution in [0.3, 0.4) is 0 Å². The van der Waals surface area contributed by atoms with Crippen LogP contribution in [-0.4, -0.2) is 22.1 Å². The van der Waals surface area contributed by atoms with Crippen molar-refractivity contribution in [1.82, 2.24) is 10.3 Å². The molecule has 4 aromatic rings. The minimum atomic E-state index is -0.551. The Morgan fingerprint density at radius 3 is 2.70 bits per heavy atom. The molecular formula is C23H18N2O2. The summed E-state index contributed by atoms with van der Waals surface area (Å²) in [6.45, 7) is 2.37. The summed E-state index contributed by atoms with van der Waals surface area (Å²) in [6, 6.07) is 16.4. The molecule has 2 atom stereocenters. The molecule has 4 nitrogen and oxygen atoms in total. The predicted octanol–water partition coefficient (Wildman–Crippen LogP) is 4.06. The van der Waals surface area contributed by atoms with E-state index in [9.17, 15) is 9.90 Å². The molecule has 4 heteroatoms. The van der Waals surface area contributed by atoms with Gasteiger partial charge in [-0.25, -0.2) is 0 Å². The standard InChI is InChI=1S/C23H18N2O2/c1-11(26)17-12-6-2-3-7-13(12)19-20-15(10-24-23(20)27)18-14-8-4-5-9-16(14)25-22(18)21(17)19/h2-9,11,17,25-26H,10H2,1H3,(H,24,27). The molecule has 132 valence electrons. The molecule has 2 unspecified atom stereocenters. The number of amides is 1. The van der Waals surface area contributed by atoms with Crippen molar-refractivity contribution in [3.63, 3.8) is 0 Å². The average molecular weight is 354 g/mol. The van der Waals surface area contributed by atoms with Crippen molar-refractivity contribution in [2.24, 2.45) is 0 Å². The van der Waals surface area contributed by atoms with Gasteiger partial charge in [0, 0.05) is 34.3 Å². The van der Waals surface area contributed by atoms with Gasteiger partial charge in [-0.3, -0.25) is 4.79 Å². The van der Waals surface area contributed by atoms with Gasteiger partial charge in [0.15, 0.2) is 0 Å². The highest BCUT2D eigenvalue weighted by Gasteiger charge is 2.40. The summed E-state index contributed by atoms with van der Waals surface area (Å²) >= 11 is 0. The van der Waals surface area contributed by atoms with Crippen LogP contribution in [0, 0.1) is 0 Å². The third kappa shape index (κ3) is 1.73. The van der Waals surface area contributed by atoms with Crippen molar-refractivity contribution in [1.29, 1.82) is 0 Å². The molecule has 3 aromatic carbocycles. The average Bonchev–Trinajstić information content (AvgIpc) is 3.32. The van der Waals surface area contributed by atoms with E-state index in [1.165, 1.54) is 0 Å². The zero-order valence-corrected chi connectivity index (χ0v) is 14.8. The first kappa shape index (κ1) is 15.0. The van der Waals surface area contributed by atoms with E-state index in [4.69, 9.17) is 0 Å². The monoisotopic (exact) mass is 354 g/mol. The molecule has 0 bridgehead atoms. The van der Waals surface area contributed by atoms with Gasteiger partial charge in [-0.05, 0) is 35.2 Å². The van der Waals surface area contributed by atoms with Gasteiger partial charge in [-0.2, -0.15) is 0 Å². The summed E-state index contributed by atoms with van der Waals surface area (Å²) < 4.78 is 0. The SMILES string of the molecule is CC(O)C1c2ccccc2-c2c3c(c4c([nH]c5ccccc54)c21)CNC3=O. The second-order valence-electron chi connectivity index (χ2n) is 7.55. The van der Waals surface area contributed by atoms with Crippen LogP contribution in [0.15, 0.2) is 48.5 Å². The summed E-state index contributed by atoms with van der Waals surface area (Å²) in [4.78, 5) is 16.4. The maximum atomic E-state index is 12.8. The van der Waals surface area contributed by atoms with E-state index < -0.39 is 6.10 Å². The fourth-order valence-electron chi connectivity index (χ4n) is 5.12. The molecule has 6 rings (SSSR count). The van der Waals surface area contributed by atoms with Crippen molar-refractivity contribution in [2.45, 2.75) is 25.5 Å². The molecule has 0 saturated carbocycles. The van der Waals surface area contributed by atoms with Crippen molar-refractivity contribution >= 4 is 27.7 Å². The van der Waals surface area contributed by atoms with Crippen LogP contribution in [0.1, 0.15) is 39.9 Å². The summed E-state index contributed by atoms with van der Waals surface area (Å²) in [5, 5.41) is 15.9. The molecule has 0 radical (unpaired) electrons. The van der Waals surface area contributed by atoms with Crippen molar-refractivity contribution in [3.8, 4) is 11.1 Å². The number of aromatic nitrogens is 1. The summed E-state index contributed by atoms with van der Waals surface area (Å²) in [6.07, 6.45) is -0.551. The van der Waals surface area contributed by atoms with Gasteiger partial charge in [-0.15, -0.1) is 0 Å². The van der Waals surface area contributed by atoms with Gasteiger partial charge in [0.2, 0.25) is 0 Å². The van der Waals surface area contributed by atoms with Crippen molar-refractivity contribution < 1.29 is 9.90 Å². The quantitative estimate of drug-likeness (QED) is 0.483. The number of carbonyl (C=O) groups excluding carboxylic acids is 1. The number of benzene rings is 3. The molecule has 1 aromatic heterocycles. The number of fused-ring (bicyclic) bond motifs is 10. The van der Waals surface area contributed by atoms with Crippen LogP contribution >= 0.6 is 0 Å². The largest absolute Gasteiger partial charge is 0.392 e. The zero-order valence-electron chi connectivity index (χ0n) is 14.8. The molecule has 2 heterocycles. The van der Waals surface area contributed by atoms with Crippen LogP contribution in [0.4, 0.5) is 0 Å². The Bertz CT molecular complexity index is 1280. The maximum Gasteiger partial charge on any atom is 0.252 e. The first-order valence-electron chi connectivity index (χ1n) is 9.31. The van der Waals surface area contributed by atoms with E-state index in [0.29, 0.717) is 6.54 Å². The fraction of sp³-hybridized carbons (Fsp3) is 0.174. The first-order chi connectivity index (χ1) is 13.2. The third-order valence-corrected chi connectivity index (χ3v) is 6.11.